The molecule has 0 aliphatic carbocycles. The third kappa shape index (κ3) is 4.17. The Bertz CT molecular complexity index is 1030. The van der Waals surface area contributed by atoms with Gasteiger partial charge in [0.2, 0.25) is 5.91 Å². The maximum absolute atomic E-state index is 13.1. The fraction of sp³-hybridized carbons (Fsp3) is 0.650. The zero-order chi connectivity index (χ0) is 21.3. The van der Waals surface area contributed by atoms with Crippen molar-refractivity contribution in [3.8, 4) is 0 Å². The highest BCUT2D eigenvalue weighted by Gasteiger charge is 2.32. The molecule has 3 heterocycles. The minimum atomic E-state index is -0.562. The van der Waals surface area contributed by atoms with Crippen LogP contribution < -0.4 is 11.2 Å². The van der Waals surface area contributed by atoms with Gasteiger partial charge in [-0.1, -0.05) is 13.3 Å². The molecular weight excluding hydrogens is 394 g/mol. The highest BCUT2D eigenvalue weighted by atomic mass is 32.1. The second kappa shape index (κ2) is 8.41. The Hall–Kier alpha value is -1.97. The van der Waals surface area contributed by atoms with Crippen molar-refractivity contribution in [1.82, 2.24) is 14.0 Å². The summed E-state index contributed by atoms with van der Waals surface area (Å²) in [6, 6.07) is 0. The van der Waals surface area contributed by atoms with E-state index >= 15 is 0 Å². The van der Waals surface area contributed by atoms with Crippen molar-refractivity contribution in [1.29, 1.82) is 0 Å². The molecule has 0 fully saturated rings. The number of carbonyl (C=O) groups excluding carboxylic acids is 1. The Morgan fingerprint density at radius 2 is 2.03 bits per heavy atom. The van der Waals surface area contributed by atoms with Crippen molar-refractivity contribution in [2.24, 2.45) is 0 Å². The maximum Gasteiger partial charge on any atom is 0.332 e. The highest BCUT2D eigenvalue weighted by molar-refractivity contribution is 7.18. The lowest BCUT2D eigenvalue weighted by Gasteiger charge is -2.29. The van der Waals surface area contributed by atoms with Crippen LogP contribution in [0, 0.1) is 0 Å². The molecule has 160 valence electrons. The Morgan fingerprint density at radius 1 is 1.31 bits per heavy atom. The number of rotatable bonds is 7. The number of hydrogen-bond donors (Lipinski definition) is 1. The van der Waals surface area contributed by atoms with Gasteiger partial charge >= 0.3 is 5.69 Å². The molecule has 9 heteroatoms. The molecule has 8 nitrogen and oxygen atoms in total. The van der Waals surface area contributed by atoms with Crippen molar-refractivity contribution in [2.45, 2.75) is 65.3 Å². The predicted molar refractivity (Wildman–Crippen MR) is 113 cm³/mol. The molecular formula is C20H29N3O5S. The summed E-state index contributed by atoms with van der Waals surface area (Å²) in [5, 5.41) is 9.84. The van der Waals surface area contributed by atoms with Crippen LogP contribution in [0.15, 0.2) is 9.59 Å². The molecule has 0 aromatic carbocycles. The molecule has 0 saturated carbocycles. The van der Waals surface area contributed by atoms with Crippen LogP contribution in [0.2, 0.25) is 0 Å². The monoisotopic (exact) mass is 423 g/mol. The van der Waals surface area contributed by atoms with Crippen molar-refractivity contribution < 1.29 is 14.6 Å². The number of amides is 1. The van der Waals surface area contributed by atoms with E-state index in [0.717, 1.165) is 27.8 Å². The Morgan fingerprint density at radius 3 is 2.69 bits per heavy atom. The van der Waals surface area contributed by atoms with E-state index in [0.29, 0.717) is 29.8 Å². The van der Waals surface area contributed by atoms with Gasteiger partial charge in [0.1, 0.15) is 11.4 Å². The van der Waals surface area contributed by atoms with Gasteiger partial charge in [-0.3, -0.25) is 18.7 Å². The number of fused-ring (bicyclic) bond motifs is 3. The van der Waals surface area contributed by atoms with E-state index in [1.165, 1.54) is 15.9 Å². The van der Waals surface area contributed by atoms with E-state index in [4.69, 9.17) is 4.74 Å². The number of nitrogens with zero attached hydrogens (tertiary/aromatic N) is 3. The van der Waals surface area contributed by atoms with Crippen LogP contribution in [0.5, 0.6) is 0 Å². The SMILES string of the molecule is CCCCN(C)C(=O)Cn1c(=O)n(CCO)c(=O)c2c3c(sc21)COC(C)(C)C3. The predicted octanol–water partition coefficient (Wildman–Crippen LogP) is 1.33. The van der Waals surface area contributed by atoms with Gasteiger partial charge in [-0.05, 0) is 25.8 Å². The van der Waals surface area contributed by atoms with Gasteiger partial charge in [-0.15, -0.1) is 11.3 Å². The third-order valence-corrected chi connectivity index (χ3v) is 6.55. The molecule has 1 aliphatic heterocycles. The van der Waals surface area contributed by atoms with Gasteiger partial charge in [-0.25, -0.2) is 4.79 Å². The van der Waals surface area contributed by atoms with E-state index in [-0.39, 0.29) is 25.6 Å². The molecule has 1 amide bonds. The van der Waals surface area contributed by atoms with Crippen LogP contribution in [-0.4, -0.2) is 50.8 Å². The molecule has 0 bridgehead atoms. The smallest absolute Gasteiger partial charge is 0.332 e. The summed E-state index contributed by atoms with van der Waals surface area (Å²) in [5.74, 6) is -0.181. The van der Waals surface area contributed by atoms with Crippen molar-refractivity contribution in [3.05, 3.63) is 31.3 Å². The van der Waals surface area contributed by atoms with E-state index in [1.807, 2.05) is 13.8 Å². The van der Waals surface area contributed by atoms with Crippen LogP contribution in [0.4, 0.5) is 0 Å². The third-order valence-electron chi connectivity index (χ3n) is 5.32. The van der Waals surface area contributed by atoms with Crippen molar-refractivity contribution >= 4 is 27.5 Å². The number of aromatic nitrogens is 2. The van der Waals surface area contributed by atoms with E-state index < -0.39 is 16.9 Å². The van der Waals surface area contributed by atoms with Crippen LogP contribution in [0.1, 0.15) is 44.1 Å². The molecule has 2 aromatic heterocycles. The van der Waals surface area contributed by atoms with Crippen LogP contribution >= 0.6 is 11.3 Å². The first kappa shape index (κ1) is 21.7. The number of aliphatic hydroxyl groups excluding tert-OH is 1. The number of hydrogen-bond acceptors (Lipinski definition) is 6. The molecule has 2 aromatic rings. The van der Waals surface area contributed by atoms with Crippen LogP contribution in [0.25, 0.3) is 10.2 Å². The number of ether oxygens (including phenoxy) is 1. The zero-order valence-corrected chi connectivity index (χ0v) is 18.3. The first-order valence-corrected chi connectivity index (χ1v) is 10.8. The van der Waals surface area contributed by atoms with Crippen LogP contribution in [0.3, 0.4) is 0 Å². The van der Waals surface area contributed by atoms with Gasteiger partial charge in [0.15, 0.2) is 0 Å². The summed E-state index contributed by atoms with van der Waals surface area (Å²) in [5.41, 5.74) is -0.491. The Labute approximate surface area is 173 Å². The summed E-state index contributed by atoms with van der Waals surface area (Å²) < 4.78 is 8.29. The number of aliphatic hydroxyl groups is 1. The van der Waals surface area contributed by atoms with Crippen molar-refractivity contribution in [2.75, 3.05) is 20.2 Å². The van der Waals surface area contributed by atoms with Gasteiger partial charge in [0.25, 0.3) is 5.56 Å². The summed E-state index contributed by atoms with van der Waals surface area (Å²) in [6.45, 7) is 6.42. The summed E-state index contributed by atoms with van der Waals surface area (Å²) >= 11 is 1.35. The Kier molecular flexibility index (Phi) is 6.30. The molecule has 1 N–H and O–H groups in total. The lowest BCUT2D eigenvalue weighted by atomic mass is 9.94. The second-order valence-corrected chi connectivity index (χ2v) is 9.21. The average molecular weight is 424 g/mol. The second-order valence-electron chi connectivity index (χ2n) is 8.13. The minimum absolute atomic E-state index is 0.0992. The molecule has 29 heavy (non-hydrogen) atoms. The van der Waals surface area contributed by atoms with Crippen LogP contribution in [-0.2, 0) is 35.6 Å². The average Bonchev–Trinajstić information content (AvgIpc) is 3.03. The first-order valence-electron chi connectivity index (χ1n) is 9.96. The summed E-state index contributed by atoms with van der Waals surface area (Å²) in [7, 11) is 1.72. The first-order chi connectivity index (χ1) is 13.7. The quantitative estimate of drug-likeness (QED) is 0.725. The molecule has 1 aliphatic rings. The number of carbonyl (C=O) groups is 1. The standard InChI is InChI=1S/C20H29N3O5S/c1-5-6-7-21(4)15(25)11-23-18-16(17(26)22(8-9-24)19(23)27)13-10-20(2,3)28-12-14(13)29-18/h24H,5-12H2,1-4H3. The van der Waals surface area contributed by atoms with Gasteiger partial charge in [0.05, 0.1) is 30.7 Å². The summed E-state index contributed by atoms with van der Waals surface area (Å²) in [6.07, 6.45) is 2.41. The lowest BCUT2D eigenvalue weighted by Crippen LogP contribution is -2.43. The zero-order valence-electron chi connectivity index (χ0n) is 17.5. The molecule has 0 saturated heterocycles. The number of thiophene rings is 1. The molecule has 0 radical (unpaired) electrons. The van der Waals surface area contributed by atoms with Gasteiger partial charge < -0.3 is 14.7 Å². The number of likely N-dealkylation sites (N-methyl/N-ethyl adjacent to an activating group) is 1. The molecule has 0 unspecified atom stereocenters. The molecule has 0 spiro atoms. The molecule has 3 rings (SSSR count). The summed E-state index contributed by atoms with van der Waals surface area (Å²) in [4.78, 5) is 41.9. The highest BCUT2D eigenvalue weighted by Crippen LogP contribution is 2.37. The van der Waals surface area contributed by atoms with Gasteiger partial charge in [0, 0.05) is 24.9 Å². The number of unbranched alkanes of at least 4 members (excludes halogenated alkanes) is 1. The van der Waals surface area contributed by atoms with Gasteiger partial charge in [-0.2, -0.15) is 0 Å². The fourth-order valence-corrected chi connectivity index (χ4v) is 4.83. The normalized spacial score (nSPS) is 15.5. The Balaban J connectivity index is 2.16. The lowest BCUT2D eigenvalue weighted by molar-refractivity contribution is -0.130. The van der Waals surface area contributed by atoms with E-state index in [1.54, 1.807) is 11.9 Å². The van der Waals surface area contributed by atoms with Crippen molar-refractivity contribution in [3.63, 3.8) is 0 Å². The maximum atomic E-state index is 13.1. The van der Waals surface area contributed by atoms with E-state index in [2.05, 4.69) is 6.92 Å². The largest absolute Gasteiger partial charge is 0.395 e. The molecule has 0 atom stereocenters. The minimum Gasteiger partial charge on any atom is -0.395 e. The van der Waals surface area contributed by atoms with E-state index in [9.17, 15) is 19.5 Å². The fourth-order valence-electron chi connectivity index (χ4n) is 3.62. The topological polar surface area (TPSA) is 93.8 Å².